The average molecular weight is 571 g/mol. The van der Waals surface area contributed by atoms with E-state index in [-0.39, 0.29) is 27.1 Å². The number of rotatable bonds is 6. The number of carbonyl (C=O) groups is 2. The number of benzene rings is 2. The first-order chi connectivity index (χ1) is 18.6. The Labute approximate surface area is 232 Å². The lowest BCUT2D eigenvalue weighted by molar-refractivity contribution is -0.384. The van der Waals surface area contributed by atoms with Gasteiger partial charge in [-0.1, -0.05) is 17.7 Å². The molecule has 0 aliphatic carbocycles. The fourth-order valence-corrected chi connectivity index (χ4v) is 5.85. The van der Waals surface area contributed by atoms with E-state index < -0.39 is 17.0 Å². The number of thioether (sulfide) groups is 1. The van der Waals surface area contributed by atoms with Crippen LogP contribution in [-0.4, -0.2) is 51.8 Å². The summed E-state index contributed by atoms with van der Waals surface area (Å²) >= 11 is 6.91. The van der Waals surface area contributed by atoms with E-state index in [2.05, 4.69) is 0 Å². The van der Waals surface area contributed by atoms with Crippen molar-refractivity contribution in [1.29, 1.82) is 0 Å². The van der Waals surface area contributed by atoms with Crippen molar-refractivity contribution in [1.82, 2.24) is 9.47 Å². The molecule has 0 unspecified atom stereocenters. The van der Waals surface area contributed by atoms with Crippen LogP contribution in [0.3, 0.4) is 0 Å². The van der Waals surface area contributed by atoms with Crippen LogP contribution in [0.4, 0.5) is 20.6 Å². The molecule has 2 fully saturated rings. The summed E-state index contributed by atoms with van der Waals surface area (Å²) in [6, 6.07) is 10.8. The number of amides is 2. The van der Waals surface area contributed by atoms with Crippen molar-refractivity contribution in [3.05, 3.63) is 90.8 Å². The predicted octanol–water partition coefficient (Wildman–Crippen LogP) is 5.87. The molecule has 0 radical (unpaired) electrons. The molecule has 2 saturated heterocycles. The van der Waals surface area contributed by atoms with E-state index in [1.165, 1.54) is 12.1 Å². The van der Waals surface area contributed by atoms with Gasteiger partial charge in [-0.2, -0.15) is 0 Å². The number of nitro groups is 1. The van der Waals surface area contributed by atoms with Gasteiger partial charge in [0, 0.05) is 35.6 Å². The van der Waals surface area contributed by atoms with Crippen molar-refractivity contribution in [2.45, 2.75) is 20.4 Å². The Morgan fingerprint density at radius 1 is 1.13 bits per heavy atom. The van der Waals surface area contributed by atoms with Gasteiger partial charge in [-0.15, -0.1) is 0 Å². The zero-order valence-electron chi connectivity index (χ0n) is 21.1. The van der Waals surface area contributed by atoms with Gasteiger partial charge in [-0.05, 0) is 73.1 Å². The molecule has 39 heavy (non-hydrogen) atoms. The molecular formula is C27H24ClFN4O5S. The Morgan fingerprint density at radius 3 is 2.56 bits per heavy atom. The number of nitrogens with zero attached hydrogens (tertiary/aromatic N) is 4. The Hall–Kier alpha value is -3.67. The summed E-state index contributed by atoms with van der Waals surface area (Å²) in [5.74, 6) is -0.977. The van der Waals surface area contributed by atoms with Crippen molar-refractivity contribution in [3.8, 4) is 5.69 Å². The van der Waals surface area contributed by atoms with Crippen LogP contribution in [0.5, 0.6) is 0 Å². The van der Waals surface area contributed by atoms with Crippen LogP contribution >= 0.6 is 23.4 Å². The maximum atomic E-state index is 13.4. The Kier molecular flexibility index (Phi) is 7.48. The van der Waals surface area contributed by atoms with Gasteiger partial charge in [0.05, 0.1) is 35.3 Å². The summed E-state index contributed by atoms with van der Waals surface area (Å²) < 4.78 is 20.6. The molecule has 0 saturated carbocycles. The molecule has 0 atom stereocenters. The van der Waals surface area contributed by atoms with Crippen molar-refractivity contribution in [2.24, 2.45) is 0 Å². The van der Waals surface area contributed by atoms with Gasteiger partial charge < -0.3 is 14.2 Å². The number of halogens is 2. The summed E-state index contributed by atoms with van der Waals surface area (Å²) in [6.07, 6.45) is 1.65. The minimum absolute atomic E-state index is 0.00373. The van der Waals surface area contributed by atoms with Crippen LogP contribution in [0.2, 0.25) is 5.02 Å². The second-order valence-electron chi connectivity index (χ2n) is 9.20. The second kappa shape index (κ2) is 10.8. The number of carbonyl (C=O) groups excluding carboxylic acids is 2. The monoisotopic (exact) mass is 570 g/mol. The molecular weight excluding hydrogens is 547 g/mol. The number of anilines is 1. The number of ether oxygens (including phenoxy) is 1. The highest BCUT2D eigenvalue weighted by atomic mass is 35.5. The topological polar surface area (TPSA) is 97.9 Å². The third-order valence-corrected chi connectivity index (χ3v) is 8.00. The first kappa shape index (κ1) is 26.9. The molecule has 202 valence electrons. The van der Waals surface area contributed by atoms with Crippen LogP contribution in [0.15, 0.2) is 47.4 Å². The molecule has 9 nitrogen and oxygen atoms in total. The number of hydrogen-bond acceptors (Lipinski definition) is 7. The number of aryl methyl sites for hydroxylation is 1. The molecule has 3 heterocycles. The zero-order chi connectivity index (χ0) is 27.8. The van der Waals surface area contributed by atoms with Gasteiger partial charge in [0.2, 0.25) is 0 Å². The fraction of sp³-hybridized carbons (Fsp3) is 0.259. The minimum Gasteiger partial charge on any atom is -0.378 e. The van der Waals surface area contributed by atoms with E-state index in [9.17, 15) is 24.1 Å². The molecule has 12 heteroatoms. The van der Waals surface area contributed by atoms with E-state index in [0.29, 0.717) is 48.8 Å². The maximum Gasteiger partial charge on any atom is 0.294 e. The van der Waals surface area contributed by atoms with Crippen LogP contribution < -0.4 is 4.90 Å². The van der Waals surface area contributed by atoms with Gasteiger partial charge in [-0.25, -0.2) is 4.39 Å². The van der Waals surface area contributed by atoms with Crippen LogP contribution in [-0.2, 0) is 16.1 Å². The van der Waals surface area contributed by atoms with Crippen LogP contribution in [0.1, 0.15) is 22.5 Å². The van der Waals surface area contributed by atoms with Crippen molar-refractivity contribution < 1.29 is 23.6 Å². The Bertz CT molecular complexity index is 1530. The number of nitro benzene ring substituents is 1. The maximum absolute atomic E-state index is 13.4. The lowest BCUT2D eigenvalue weighted by Crippen LogP contribution is -2.36. The molecule has 0 spiro atoms. The van der Waals surface area contributed by atoms with Gasteiger partial charge >= 0.3 is 0 Å². The van der Waals surface area contributed by atoms with Gasteiger partial charge in [0.25, 0.3) is 16.8 Å². The van der Waals surface area contributed by atoms with Crippen LogP contribution in [0.25, 0.3) is 11.8 Å². The van der Waals surface area contributed by atoms with E-state index in [0.717, 1.165) is 34.1 Å². The van der Waals surface area contributed by atoms with Gasteiger partial charge in [0.15, 0.2) is 0 Å². The minimum atomic E-state index is -0.505. The molecule has 2 aliphatic rings. The standard InChI is InChI=1S/C27H24ClFN4O5S/c1-16-11-19(12-25-26(34)31(27(35)39-25)15-18-3-4-20(29)13-22(18)28)17(2)32(16)21-5-6-23(24(14-21)33(36)37)30-7-9-38-10-8-30/h3-6,11-14H,7-10,15H2,1-2H3/b25-12-. The van der Waals surface area contributed by atoms with E-state index in [1.54, 1.807) is 18.2 Å². The fourth-order valence-electron chi connectivity index (χ4n) is 4.80. The lowest BCUT2D eigenvalue weighted by atomic mass is 10.2. The number of imide groups is 1. The summed E-state index contributed by atoms with van der Waals surface area (Å²) in [5.41, 5.74) is 3.90. The number of hydrogen-bond donors (Lipinski definition) is 0. The molecule has 1 aromatic heterocycles. The predicted molar refractivity (Wildman–Crippen MR) is 148 cm³/mol. The van der Waals surface area contributed by atoms with Crippen molar-refractivity contribution in [3.63, 3.8) is 0 Å². The Morgan fingerprint density at radius 2 is 1.87 bits per heavy atom. The molecule has 2 amide bonds. The summed E-state index contributed by atoms with van der Waals surface area (Å²) in [4.78, 5) is 40.5. The van der Waals surface area contributed by atoms with E-state index in [1.807, 2.05) is 35.4 Å². The highest BCUT2D eigenvalue weighted by molar-refractivity contribution is 8.18. The SMILES string of the molecule is Cc1cc(/C=C2\SC(=O)N(Cc3ccc(F)cc3Cl)C2=O)c(C)n1-c1ccc(N2CCOCC2)c([N+](=O)[O-])c1. The average Bonchev–Trinajstić information content (AvgIpc) is 3.34. The largest absolute Gasteiger partial charge is 0.378 e. The molecule has 0 N–H and O–H groups in total. The normalized spacial score (nSPS) is 17.0. The molecule has 0 bridgehead atoms. The highest BCUT2D eigenvalue weighted by Gasteiger charge is 2.35. The van der Waals surface area contributed by atoms with Crippen molar-refractivity contribution >= 4 is 52.0 Å². The third kappa shape index (κ3) is 5.29. The number of morpholine rings is 1. The first-order valence-corrected chi connectivity index (χ1v) is 13.3. The van der Waals surface area contributed by atoms with Gasteiger partial charge in [0.1, 0.15) is 11.5 Å². The van der Waals surface area contributed by atoms with Crippen molar-refractivity contribution in [2.75, 3.05) is 31.2 Å². The lowest BCUT2D eigenvalue weighted by Gasteiger charge is -2.28. The van der Waals surface area contributed by atoms with Crippen LogP contribution in [0, 0.1) is 29.8 Å². The smallest absolute Gasteiger partial charge is 0.294 e. The second-order valence-corrected chi connectivity index (χ2v) is 10.6. The third-order valence-electron chi connectivity index (χ3n) is 6.74. The summed E-state index contributed by atoms with van der Waals surface area (Å²) in [7, 11) is 0. The van der Waals surface area contributed by atoms with E-state index >= 15 is 0 Å². The molecule has 3 aromatic rings. The molecule has 2 aromatic carbocycles. The van der Waals surface area contributed by atoms with E-state index in [4.69, 9.17) is 16.3 Å². The zero-order valence-corrected chi connectivity index (χ0v) is 22.7. The number of aromatic nitrogens is 1. The molecule has 5 rings (SSSR count). The summed E-state index contributed by atoms with van der Waals surface area (Å²) in [6.45, 7) is 5.83. The highest BCUT2D eigenvalue weighted by Crippen LogP contribution is 2.37. The van der Waals surface area contributed by atoms with Gasteiger partial charge in [-0.3, -0.25) is 24.6 Å². The summed E-state index contributed by atoms with van der Waals surface area (Å²) in [5, 5.41) is 11.6. The quantitative estimate of drug-likeness (QED) is 0.208. The Balaban J connectivity index is 1.44. The molecule has 2 aliphatic heterocycles. The first-order valence-electron chi connectivity index (χ1n) is 12.1.